The minimum absolute atomic E-state index is 0.00545. The topological polar surface area (TPSA) is 65.2 Å². The third-order valence-corrected chi connectivity index (χ3v) is 3.15. The van der Waals surface area contributed by atoms with Crippen LogP contribution < -0.4 is 5.73 Å². The fourth-order valence-electron chi connectivity index (χ4n) is 1.55. The lowest BCUT2D eigenvalue weighted by molar-refractivity contribution is 0.0594. The second-order valence-electron chi connectivity index (χ2n) is 3.76. The zero-order valence-corrected chi connectivity index (χ0v) is 11.5. The molecule has 0 saturated carbocycles. The van der Waals surface area contributed by atoms with Crippen molar-refractivity contribution < 1.29 is 9.53 Å². The summed E-state index contributed by atoms with van der Waals surface area (Å²) < 4.78 is 4.62. The van der Waals surface area contributed by atoms with Gasteiger partial charge in [0.05, 0.1) is 23.5 Å². The number of anilines is 1. The number of halogens is 2. The van der Waals surface area contributed by atoms with Crippen molar-refractivity contribution in [1.29, 1.82) is 0 Å². The van der Waals surface area contributed by atoms with Crippen molar-refractivity contribution in [3.63, 3.8) is 0 Å². The predicted octanol–water partition coefficient (Wildman–Crippen LogP) is 3.42. The number of esters is 1. The molecule has 0 radical (unpaired) electrons. The number of nitrogens with two attached hydrogens (primary N) is 1. The Labute approximate surface area is 120 Å². The van der Waals surface area contributed by atoms with Gasteiger partial charge in [0, 0.05) is 10.6 Å². The number of carbonyl (C=O) groups is 1. The molecule has 1 heterocycles. The standard InChI is InChI=1S/C13H10Cl2N2O2/c1-19-13(18)12-11(15)9(16)6-10(17-12)7-2-4-8(14)5-3-7/h2-6H,1H3,(H2,16,17). The molecule has 0 spiro atoms. The summed E-state index contributed by atoms with van der Waals surface area (Å²) in [5.74, 6) is -0.632. The van der Waals surface area contributed by atoms with Crippen LogP contribution in [-0.2, 0) is 4.74 Å². The van der Waals surface area contributed by atoms with Crippen LogP contribution in [0.2, 0.25) is 10.0 Å². The number of carbonyl (C=O) groups excluding carboxylic acids is 1. The van der Waals surface area contributed by atoms with E-state index in [1.807, 2.05) is 0 Å². The lowest BCUT2D eigenvalue weighted by atomic mass is 10.1. The molecule has 2 N–H and O–H groups in total. The molecular weight excluding hydrogens is 287 g/mol. The van der Waals surface area contributed by atoms with E-state index in [1.54, 1.807) is 30.3 Å². The fraction of sp³-hybridized carbons (Fsp3) is 0.0769. The van der Waals surface area contributed by atoms with Crippen LogP contribution >= 0.6 is 23.2 Å². The van der Waals surface area contributed by atoms with Crippen molar-refractivity contribution >= 4 is 34.9 Å². The Morgan fingerprint density at radius 3 is 2.47 bits per heavy atom. The van der Waals surface area contributed by atoms with Crippen LogP contribution in [0.5, 0.6) is 0 Å². The summed E-state index contributed by atoms with van der Waals surface area (Å²) in [6.07, 6.45) is 0. The second kappa shape index (κ2) is 5.47. The van der Waals surface area contributed by atoms with E-state index in [0.29, 0.717) is 10.7 Å². The fourth-order valence-corrected chi connectivity index (χ4v) is 1.85. The van der Waals surface area contributed by atoms with Gasteiger partial charge in [0.1, 0.15) is 0 Å². The molecule has 1 aromatic heterocycles. The Kier molecular flexibility index (Phi) is 3.93. The van der Waals surface area contributed by atoms with Crippen molar-refractivity contribution in [3.8, 4) is 11.3 Å². The first-order valence-electron chi connectivity index (χ1n) is 5.33. The average molecular weight is 297 g/mol. The zero-order chi connectivity index (χ0) is 14.0. The maximum absolute atomic E-state index is 11.6. The number of methoxy groups -OCH3 is 1. The summed E-state index contributed by atoms with van der Waals surface area (Å²) in [7, 11) is 1.26. The first-order valence-corrected chi connectivity index (χ1v) is 6.08. The molecule has 0 unspecified atom stereocenters. The molecule has 0 aliphatic rings. The number of hydrogen-bond acceptors (Lipinski definition) is 4. The molecule has 4 nitrogen and oxygen atoms in total. The molecule has 0 fully saturated rings. The van der Waals surface area contributed by atoms with Crippen molar-refractivity contribution in [2.45, 2.75) is 0 Å². The third-order valence-electron chi connectivity index (χ3n) is 2.50. The Hall–Kier alpha value is -1.78. The van der Waals surface area contributed by atoms with E-state index in [2.05, 4.69) is 9.72 Å². The Morgan fingerprint density at radius 2 is 1.89 bits per heavy atom. The normalized spacial score (nSPS) is 10.3. The molecule has 0 saturated heterocycles. The number of pyridine rings is 1. The van der Waals surface area contributed by atoms with Crippen molar-refractivity contribution in [2.75, 3.05) is 12.8 Å². The zero-order valence-electron chi connectivity index (χ0n) is 9.98. The molecule has 0 bridgehead atoms. The van der Waals surface area contributed by atoms with Crippen molar-refractivity contribution in [3.05, 3.63) is 46.1 Å². The largest absolute Gasteiger partial charge is 0.464 e. The molecule has 2 aromatic rings. The van der Waals surface area contributed by atoms with E-state index in [-0.39, 0.29) is 16.4 Å². The average Bonchev–Trinajstić information content (AvgIpc) is 2.41. The summed E-state index contributed by atoms with van der Waals surface area (Å²) in [6.45, 7) is 0. The number of nitrogens with zero attached hydrogens (tertiary/aromatic N) is 1. The number of nitrogen functional groups attached to an aromatic ring is 1. The summed E-state index contributed by atoms with van der Waals surface area (Å²) >= 11 is 11.8. The molecule has 0 atom stereocenters. The van der Waals surface area contributed by atoms with Gasteiger partial charge in [-0.25, -0.2) is 9.78 Å². The number of benzene rings is 1. The SMILES string of the molecule is COC(=O)c1nc(-c2ccc(Cl)cc2)cc(N)c1Cl. The molecule has 19 heavy (non-hydrogen) atoms. The van der Waals surface area contributed by atoms with E-state index in [4.69, 9.17) is 28.9 Å². The van der Waals surface area contributed by atoms with E-state index < -0.39 is 5.97 Å². The molecule has 2 rings (SSSR count). The van der Waals surface area contributed by atoms with Crippen LogP contribution in [0.4, 0.5) is 5.69 Å². The minimum Gasteiger partial charge on any atom is -0.464 e. The number of ether oxygens (including phenoxy) is 1. The molecular formula is C13H10Cl2N2O2. The van der Waals surface area contributed by atoms with Crippen molar-refractivity contribution in [2.24, 2.45) is 0 Å². The third kappa shape index (κ3) is 2.80. The van der Waals surface area contributed by atoms with E-state index in [9.17, 15) is 4.79 Å². The maximum atomic E-state index is 11.6. The van der Waals surface area contributed by atoms with E-state index in [0.717, 1.165) is 5.56 Å². The summed E-state index contributed by atoms with van der Waals surface area (Å²) in [5, 5.41) is 0.698. The smallest absolute Gasteiger partial charge is 0.358 e. The Morgan fingerprint density at radius 1 is 1.26 bits per heavy atom. The summed E-state index contributed by atoms with van der Waals surface area (Å²) in [6, 6.07) is 8.60. The van der Waals surface area contributed by atoms with Crippen molar-refractivity contribution in [1.82, 2.24) is 4.98 Å². The predicted molar refractivity (Wildman–Crippen MR) is 75.4 cm³/mol. The lowest BCUT2D eigenvalue weighted by Gasteiger charge is -2.08. The number of aromatic nitrogens is 1. The molecule has 1 aromatic carbocycles. The van der Waals surface area contributed by atoms with Gasteiger partial charge in [-0.2, -0.15) is 0 Å². The molecule has 6 heteroatoms. The van der Waals surface area contributed by atoms with Crippen LogP contribution in [0.3, 0.4) is 0 Å². The van der Waals surface area contributed by atoms with Gasteiger partial charge >= 0.3 is 5.97 Å². The highest BCUT2D eigenvalue weighted by molar-refractivity contribution is 6.35. The van der Waals surface area contributed by atoms with Gasteiger partial charge < -0.3 is 10.5 Å². The van der Waals surface area contributed by atoms with E-state index in [1.165, 1.54) is 7.11 Å². The van der Waals surface area contributed by atoms with Crippen LogP contribution in [0.15, 0.2) is 30.3 Å². The quantitative estimate of drug-likeness (QED) is 0.862. The minimum atomic E-state index is -0.632. The van der Waals surface area contributed by atoms with Crippen LogP contribution in [0.25, 0.3) is 11.3 Å². The van der Waals surface area contributed by atoms with Gasteiger partial charge in [0.25, 0.3) is 0 Å². The highest BCUT2D eigenvalue weighted by Crippen LogP contribution is 2.28. The number of rotatable bonds is 2. The van der Waals surface area contributed by atoms with Gasteiger partial charge in [-0.3, -0.25) is 0 Å². The van der Waals surface area contributed by atoms with Crippen LogP contribution in [0, 0.1) is 0 Å². The summed E-state index contributed by atoms with van der Waals surface area (Å²) in [5.41, 5.74) is 7.34. The first kappa shape index (κ1) is 13.6. The van der Waals surface area contributed by atoms with Gasteiger partial charge in [0.2, 0.25) is 0 Å². The molecule has 98 valence electrons. The second-order valence-corrected chi connectivity index (χ2v) is 4.57. The van der Waals surface area contributed by atoms with Gasteiger partial charge in [0.15, 0.2) is 5.69 Å². The van der Waals surface area contributed by atoms with Crippen LogP contribution in [0.1, 0.15) is 10.5 Å². The highest BCUT2D eigenvalue weighted by atomic mass is 35.5. The highest BCUT2D eigenvalue weighted by Gasteiger charge is 2.17. The van der Waals surface area contributed by atoms with Gasteiger partial charge in [-0.15, -0.1) is 0 Å². The Balaban J connectivity index is 2.56. The monoisotopic (exact) mass is 296 g/mol. The molecule has 0 amide bonds. The Bertz CT molecular complexity index is 627. The molecule has 0 aliphatic carbocycles. The van der Waals surface area contributed by atoms with Crippen LogP contribution in [-0.4, -0.2) is 18.1 Å². The summed E-state index contributed by atoms with van der Waals surface area (Å²) in [4.78, 5) is 15.8. The van der Waals surface area contributed by atoms with E-state index >= 15 is 0 Å². The van der Waals surface area contributed by atoms with Gasteiger partial charge in [-0.1, -0.05) is 35.3 Å². The maximum Gasteiger partial charge on any atom is 0.358 e. The van der Waals surface area contributed by atoms with Gasteiger partial charge in [-0.05, 0) is 18.2 Å². The lowest BCUT2D eigenvalue weighted by Crippen LogP contribution is -2.08. The first-order chi connectivity index (χ1) is 9.02. The molecule has 0 aliphatic heterocycles. The number of hydrogen-bond donors (Lipinski definition) is 1.